The lowest BCUT2D eigenvalue weighted by Crippen LogP contribution is -2.54. The number of hydrogen-bond acceptors (Lipinski definition) is 6. The van der Waals surface area contributed by atoms with E-state index in [0.717, 1.165) is 4.90 Å². The summed E-state index contributed by atoms with van der Waals surface area (Å²) < 4.78 is 33.6. The number of carbonyl (C=O) groups excluding carboxylic acids is 3. The summed E-state index contributed by atoms with van der Waals surface area (Å²) in [5.74, 6) is -5.82. The molecule has 29 heavy (non-hydrogen) atoms. The third-order valence-electron chi connectivity index (χ3n) is 5.51. The van der Waals surface area contributed by atoms with Crippen LogP contribution in [0.3, 0.4) is 0 Å². The van der Waals surface area contributed by atoms with E-state index in [9.17, 15) is 23.2 Å². The molecule has 2 aliphatic heterocycles. The van der Waals surface area contributed by atoms with Crippen molar-refractivity contribution in [3.63, 3.8) is 0 Å². The maximum absolute atomic E-state index is 14.1. The van der Waals surface area contributed by atoms with Gasteiger partial charge in [-0.2, -0.15) is 0 Å². The van der Waals surface area contributed by atoms with E-state index in [2.05, 4.69) is 0 Å². The lowest BCUT2D eigenvalue weighted by atomic mass is 9.98. The molecule has 3 aliphatic rings. The number of esters is 1. The Morgan fingerprint density at radius 3 is 2.21 bits per heavy atom. The molecule has 0 aromatic rings. The van der Waals surface area contributed by atoms with E-state index in [1.165, 1.54) is 5.06 Å². The van der Waals surface area contributed by atoms with Gasteiger partial charge in [0.15, 0.2) is 0 Å². The van der Waals surface area contributed by atoms with E-state index in [-0.39, 0.29) is 6.42 Å². The minimum absolute atomic E-state index is 0.118. The number of rotatable bonds is 3. The van der Waals surface area contributed by atoms with E-state index in [4.69, 9.17) is 9.57 Å². The van der Waals surface area contributed by atoms with Crippen molar-refractivity contribution in [1.29, 1.82) is 0 Å². The number of amides is 1. The predicted molar refractivity (Wildman–Crippen MR) is 98.6 cm³/mol. The fraction of sp³-hybridized carbons (Fsp3) is 0.850. The summed E-state index contributed by atoms with van der Waals surface area (Å²) >= 11 is 0. The van der Waals surface area contributed by atoms with Gasteiger partial charge in [0.2, 0.25) is 5.91 Å². The number of alkyl halides is 2. The Kier molecular flexibility index (Phi) is 5.21. The first kappa shape index (κ1) is 21.9. The van der Waals surface area contributed by atoms with Crippen LogP contribution in [-0.4, -0.2) is 64.0 Å². The molecule has 164 valence electrons. The Hall–Kier alpha value is -1.77. The Bertz CT molecular complexity index is 713. The summed E-state index contributed by atoms with van der Waals surface area (Å²) in [5, 5.41) is 1.27. The maximum Gasteiger partial charge on any atom is 0.330 e. The first-order chi connectivity index (χ1) is 13.1. The molecule has 0 spiro atoms. The summed E-state index contributed by atoms with van der Waals surface area (Å²) in [6, 6.07) is -3.22. The van der Waals surface area contributed by atoms with Gasteiger partial charge in [-0.1, -0.05) is 0 Å². The number of fused-ring (bicyclic) bond motifs is 1. The molecule has 0 aromatic carbocycles. The van der Waals surface area contributed by atoms with Gasteiger partial charge < -0.3 is 14.5 Å². The second-order valence-electron chi connectivity index (χ2n) is 10.2. The van der Waals surface area contributed by atoms with Gasteiger partial charge in [-0.15, -0.1) is 5.06 Å². The number of hydrogen-bond donors (Lipinski definition) is 0. The highest BCUT2D eigenvalue weighted by atomic mass is 19.3. The smallest absolute Gasteiger partial charge is 0.330 e. The van der Waals surface area contributed by atoms with Crippen LogP contribution in [0.4, 0.5) is 8.78 Å². The SMILES string of the molecule is CC(C)(C)OC(=O)[C@@H]1C[C@@H]2[C@H](N1C(=O)[C@@H]1CCCN1OC(=O)C(C)(C)C)C2(F)F. The number of nitrogens with zero attached hydrogens (tertiary/aromatic N) is 2. The summed E-state index contributed by atoms with van der Waals surface area (Å²) in [5.41, 5.74) is -1.56. The van der Waals surface area contributed by atoms with Crippen molar-refractivity contribution in [3.8, 4) is 0 Å². The van der Waals surface area contributed by atoms with Crippen molar-refractivity contribution >= 4 is 17.8 Å². The van der Waals surface area contributed by atoms with Crippen molar-refractivity contribution in [2.75, 3.05) is 6.54 Å². The van der Waals surface area contributed by atoms with E-state index in [1.54, 1.807) is 41.5 Å². The van der Waals surface area contributed by atoms with Gasteiger partial charge in [-0.3, -0.25) is 4.79 Å². The van der Waals surface area contributed by atoms with Crippen LogP contribution in [0, 0.1) is 11.3 Å². The van der Waals surface area contributed by atoms with Crippen LogP contribution < -0.4 is 0 Å². The largest absolute Gasteiger partial charge is 0.458 e. The molecule has 0 bridgehead atoms. The molecule has 0 N–H and O–H groups in total. The molecular formula is C20H30F2N2O5. The highest BCUT2D eigenvalue weighted by molar-refractivity contribution is 5.90. The monoisotopic (exact) mass is 416 g/mol. The Balaban J connectivity index is 1.79. The van der Waals surface area contributed by atoms with E-state index in [1.807, 2.05) is 0 Å². The third-order valence-corrected chi connectivity index (χ3v) is 5.51. The zero-order valence-electron chi connectivity index (χ0n) is 17.8. The predicted octanol–water partition coefficient (Wildman–Crippen LogP) is 2.53. The van der Waals surface area contributed by atoms with Crippen LogP contribution in [0.2, 0.25) is 0 Å². The van der Waals surface area contributed by atoms with Gasteiger partial charge in [0, 0.05) is 6.54 Å². The Labute approximate surface area is 169 Å². The second-order valence-corrected chi connectivity index (χ2v) is 10.2. The van der Waals surface area contributed by atoms with Gasteiger partial charge in [0.05, 0.1) is 11.3 Å². The number of hydroxylamine groups is 2. The first-order valence-corrected chi connectivity index (χ1v) is 10.1. The Morgan fingerprint density at radius 2 is 1.66 bits per heavy atom. The molecule has 2 heterocycles. The molecule has 3 fully saturated rings. The minimum atomic E-state index is -3.00. The second kappa shape index (κ2) is 6.89. The molecule has 3 rings (SSSR count). The lowest BCUT2D eigenvalue weighted by Gasteiger charge is -2.34. The van der Waals surface area contributed by atoms with Crippen LogP contribution in [0.15, 0.2) is 0 Å². The summed E-state index contributed by atoms with van der Waals surface area (Å²) in [7, 11) is 0. The average Bonchev–Trinajstić information content (AvgIpc) is 2.97. The molecule has 9 heteroatoms. The van der Waals surface area contributed by atoms with Crippen LogP contribution in [0.25, 0.3) is 0 Å². The highest BCUT2D eigenvalue weighted by Crippen LogP contribution is 2.60. The van der Waals surface area contributed by atoms with Crippen molar-refractivity contribution in [1.82, 2.24) is 9.96 Å². The maximum atomic E-state index is 14.1. The van der Waals surface area contributed by atoms with E-state index < -0.39 is 58.8 Å². The fourth-order valence-corrected chi connectivity index (χ4v) is 3.97. The standard InChI is InChI=1S/C20H30F2N2O5/c1-18(2,3)17(27)29-23-9-7-8-12(23)15(25)24-13(16(26)28-19(4,5)6)10-11-14(24)20(11,21)22/h11-14H,7-10H2,1-6H3/t11-,12+,13+,14+/m1/s1. The van der Waals surface area contributed by atoms with E-state index in [0.29, 0.717) is 19.4 Å². The molecule has 7 nitrogen and oxygen atoms in total. The topological polar surface area (TPSA) is 76.2 Å². The number of carbonyl (C=O) groups is 3. The molecule has 4 atom stereocenters. The van der Waals surface area contributed by atoms with Crippen LogP contribution >= 0.6 is 0 Å². The molecular weight excluding hydrogens is 386 g/mol. The normalized spacial score (nSPS) is 31.4. The molecule has 0 unspecified atom stereocenters. The number of likely N-dealkylation sites (tertiary alicyclic amines) is 1. The van der Waals surface area contributed by atoms with E-state index >= 15 is 0 Å². The Morgan fingerprint density at radius 1 is 1.03 bits per heavy atom. The van der Waals surface area contributed by atoms with Crippen molar-refractivity contribution < 1.29 is 32.7 Å². The third kappa shape index (κ3) is 4.11. The van der Waals surface area contributed by atoms with Crippen molar-refractivity contribution in [2.45, 2.75) is 90.5 Å². The van der Waals surface area contributed by atoms with Gasteiger partial charge in [0.25, 0.3) is 5.92 Å². The van der Waals surface area contributed by atoms with Crippen LogP contribution in [0.1, 0.15) is 60.8 Å². The van der Waals surface area contributed by atoms with Gasteiger partial charge in [-0.25, -0.2) is 18.4 Å². The van der Waals surface area contributed by atoms with Crippen molar-refractivity contribution in [2.24, 2.45) is 11.3 Å². The fourth-order valence-electron chi connectivity index (χ4n) is 3.97. The van der Waals surface area contributed by atoms with Gasteiger partial charge in [-0.05, 0) is 60.8 Å². The summed E-state index contributed by atoms with van der Waals surface area (Å²) in [4.78, 5) is 44.5. The quantitative estimate of drug-likeness (QED) is 0.658. The average molecular weight is 416 g/mol. The zero-order valence-corrected chi connectivity index (χ0v) is 17.8. The zero-order chi connectivity index (χ0) is 21.9. The minimum Gasteiger partial charge on any atom is -0.458 e. The number of piperidine rings is 1. The molecule has 2 saturated heterocycles. The summed E-state index contributed by atoms with van der Waals surface area (Å²) in [6.07, 6.45) is 0.840. The molecule has 0 aromatic heterocycles. The number of ether oxygens (including phenoxy) is 1. The molecule has 1 aliphatic carbocycles. The number of halogens is 2. The first-order valence-electron chi connectivity index (χ1n) is 10.1. The van der Waals surface area contributed by atoms with Gasteiger partial charge >= 0.3 is 11.9 Å². The molecule has 1 saturated carbocycles. The van der Waals surface area contributed by atoms with Crippen LogP contribution in [0.5, 0.6) is 0 Å². The molecule has 0 radical (unpaired) electrons. The van der Waals surface area contributed by atoms with Crippen LogP contribution in [-0.2, 0) is 24.0 Å². The molecule has 1 amide bonds. The van der Waals surface area contributed by atoms with Crippen molar-refractivity contribution in [3.05, 3.63) is 0 Å². The highest BCUT2D eigenvalue weighted by Gasteiger charge is 2.78. The lowest BCUT2D eigenvalue weighted by molar-refractivity contribution is -0.207. The summed E-state index contributed by atoms with van der Waals surface area (Å²) in [6.45, 7) is 10.5. The van der Waals surface area contributed by atoms with Gasteiger partial charge in [0.1, 0.15) is 23.7 Å².